The van der Waals surface area contributed by atoms with Crippen molar-refractivity contribution in [2.45, 2.75) is 6.92 Å². The van der Waals surface area contributed by atoms with Crippen LogP contribution in [-0.4, -0.2) is 25.3 Å². The van der Waals surface area contributed by atoms with E-state index >= 15 is 0 Å². The van der Waals surface area contributed by atoms with Crippen molar-refractivity contribution in [3.8, 4) is 11.5 Å². The number of hydrogen-bond acceptors (Lipinski definition) is 4. The van der Waals surface area contributed by atoms with Gasteiger partial charge in [0, 0.05) is 0 Å². The lowest BCUT2D eigenvalue weighted by atomic mass is 10.1. The van der Waals surface area contributed by atoms with Gasteiger partial charge in [-0.2, -0.15) is 10.1 Å². The molecule has 0 saturated heterocycles. The Morgan fingerprint density at radius 3 is 2.67 bits per heavy atom. The van der Waals surface area contributed by atoms with Gasteiger partial charge in [-0.3, -0.25) is 4.79 Å². The van der Waals surface area contributed by atoms with Crippen LogP contribution in [0.2, 0.25) is 0 Å². The first-order valence-corrected chi connectivity index (χ1v) is 9.41. The number of ether oxygens (including phenoxy) is 2. The molecule has 2 aromatic carbocycles. The van der Waals surface area contributed by atoms with Crippen LogP contribution in [0.4, 0.5) is 5.69 Å². The molecule has 1 amide bonds. The molecule has 6 heteroatoms. The maximum atomic E-state index is 12.8. The Bertz CT molecular complexity index is 936. The maximum Gasteiger partial charge on any atom is 0.280 e. The number of anilines is 1. The van der Waals surface area contributed by atoms with E-state index in [9.17, 15) is 4.79 Å². The molecular weight excluding hydrogens is 455 g/mol. The van der Waals surface area contributed by atoms with Gasteiger partial charge in [-0.25, -0.2) is 0 Å². The second-order valence-corrected chi connectivity index (χ2v) is 6.99. The topological polar surface area (TPSA) is 51.1 Å². The lowest BCUT2D eigenvalue weighted by Crippen LogP contribution is -2.21. The fourth-order valence-corrected chi connectivity index (χ4v) is 3.48. The average Bonchev–Trinajstić information content (AvgIpc) is 2.95. The van der Waals surface area contributed by atoms with Gasteiger partial charge in [0.25, 0.3) is 5.91 Å². The molecule has 5 nitrogen and oxygen atoms in total. The van der Waals surface area contributed by atoms with E-state index in [0.29, 0.717) is 29.4 Å². The lowest BCUT2D eigenvalue weighted by Gasteiger charge is -2.13. The van der Waals surface area contributed by atoms with E-state index in [1.54, 1.807) is 13.2 Å². The van der Waals surface area contributed by atoms with Crippen molar-refractivity contribution in [2.24, 2.45) is 5.10 Å². The van der Waals surface area contributed by atoms with Crippen LogP contribution in [0.15, 0.2) is 65.8 Å². The van der Waals surface area contributed by atoms with E-state index < -0.39 is 0 Å². The second kappa shape index (κ2) is 8.39. The molecule has 0 fully saturated rings. The third kappa shape index (κ3) is 4.05. The van der Waals surface area contributed by atoms with Crippen LogP contribution >= 0.6 is 22.6 Å². The van der Waals surface area contributed by atoms with E-state index in [0.717, 1.165) is 14.8 Å². The smallest absolute Gasteiger partial charge is 0.280 e. The van der Waals surface area contributed by atoms with Crippen LogP contribution in [0.5, 0.6) is 11.5 Å². The first kappa shape index (κ1) is 19.2. The predicted octanol–water partition coefficient (Wildman–Crippen LogP) is 4.67. The first-order valence-electron chi connectivity index (χ1n) is 8.33. The molecule has 3 rings (SSSR count). The molecule has 1 aliphatic rings. The van der Waals surface area contributed by atoms with E-state index in [1.165, 1.54) is 5.01 Å². The lowest BCUT2D eigenvalue weighted by molar-refractivity contribution is -0.114. The van der Waals surface area contributed by atoms with Gasteiger partial charge in [0.05, 0.1) is 27.7 Å². The molecule has 27 heavy (non-hydrogen) atoms. The molecule has 0 aromatic heterocycles. The van der Waals surface area contributed by atoms with Gasteiger partial charge in [0.1, 0.15) is 6.61 Å². The highest BCUT2D eigenvalue weighted by atomic mass is 127. The van der Waals surface area contributed by atoms with Gasteiger partial charge in [0.15, 0.2) is 11.5 Å². The SMILES string of the molecule is C=CCOc1c(I)cc(/C=C2\C(=O)N(c3ccccc3)N=C2C)cc1OC. The van der Waals surface area contributed by atoms with Crippen LogP contribution in [0.3, 0.4) is 0 Å². The minimum Gasteiger partial charge on any atom is -0.493 e. The third-order valence-electron chi connectivity index (χ3n) is 3.97. The average molecular weight is 474 g/mol. The van der Waals surface area contributed by atoms with Crippen molar-refractivity contribution >= 4 is 46.0 Å². The molecule has 0 bridgehead atoms. The number of hydrogen-bond donors (Lipinski definition) is 0. The summed E-state index contributed by atoms with van der Waals surface area (Å²) >= 11 is 2.19. The van der Waals surface area contributed by atoms with Crippen LogP contribution < -0.4 is 14.5 Å². The monoisotopic (exact) mass is 474 g/mol. The standard InChI is InChI=1S/C21H19IN2O3/c1-4-10-27-20-18(22)12-15(13-19(20)26-3)11-17-14(2)23-24(21(17)25)16-8-6-5-7-9-16/h4-9,11-13H,1,10H2,2-3H3/b17-11-. The quantitative estimate of drug-likeness (QED) is 0.348. The minimum absolute atomic E-state index is 0.153. The van der Waals surface area contributed by atoms with Crippen molar-refractivity contribution in [3.05, 3.63) is 69.8 Å². The number of amides is 1. The molecule has 0 unspecified atom stereocenters. The summed E-state index contributed by atoms with van der Waals surface area (Å²) in [6.07, 6.45) is 3.51. The highest BCUT2D eigenvalue weighted by Gasteiger charge is 2.28. The summed E-state index contributed by atoms with van der Waals surface area (Å²) in [6.45, 7) is 5.88. The Labute approximate surface area is 172 Å². The maximum absolute atomic E-state index is 12.8. The summed E-state index contributed by atoms with van der Waals surface area (Å²) in [5.41, 5.74) is 2.81. The number of benzene rings is 2. The second-order valence-electron chi connectivity index (χ2n) is 5.83. The summed E-state index contributed by atoms with van der Waals surface area (Å²) in [7, 11) is 1.59. The Kier molecular flexibility index (Phi) is 5.95. The van der Waals surface area contributed by atoms with Gasteiger partial charge in [-0.15, -0.1) is 0 Å². The van der Waals surface area contributed by atoms with Crippen LogP contribution in [0, 0.1) is 3.57 Å². The van der Waals surface area contributed by atoms with Crippen molar-refractivity contribution < 1.29 is 14.3 Å². The van der Waals surface area contributed by atoms with Gasteiger partial charge in [-0.05, 0) is 65.4 Å². The number of rotatable bonds is 6. The highest BCUT2D eigenvalue weighted by molar-refractivity contribution is 14.1. The zero-order chi connectivity index (χ0) is 19.4. The molecule has 138 valence electrons. The first-order chi connectivity index (χ1) is 13.0. The Hall–Kier alpha value is -2.61. The van der Waals surface area contributed by atoms with Gasteiger partial charge in [-0.1, -0.05) is 30.9 Å². The zero-order valence-electron chi connectivity index (χ0n) is 15.1. The number of nitrogens with zero attached hydrogens (tertiary/aromatic N) is 2. The van der Waals surface area contributed by atoms with Gasteiger partial charge in [0.2, 0.25) is 0 Å². The molecular formula is C21H19IN2O3. The Morgan fingerprint density at radius 1 is 1.26 bits per heavy atom. The van der Waals surface area contributed by atoms with E-state index in [4.69, 9.17) is 9.47 Å². The fourth-order valence-electron chi connectivity index (χ4n) is 2.70. The van der Waals surface area contributed by atoms with Crippen molar-refractivity contribution in [3.63, 3.8) is 0 Å². The van der Waals surface area contributed by atoms with Crippen molar-refractivity contribution in [2.75, 3.05) is 18.7 Å². The van der Waals surface area contributed by atoms with Crippen LogP contribution in [-0.2, 0) is 4.79 Å². The van der Waals surface area contributed by atoms with Crippen molar-refractivity contribution in [1.82, 2.24) is 0 Å². The van der Waals surface area contributed by atoms with Crippen LogP contribution in [0.1, 0.15) is 12.5 Å². The molecule has 0 aliphatic carbocycles. The summed E-state index contributed by atoms with van der Waals surface area (Å²) in [6, 6.07) is 13.2. The Balaban J connectivity index is 1.95. The molecule has 0 atom stereocenters. The minimum atomic E-state index is -0.153. The normalized spacial score (nSPS) is 15.1. The van der Waals surface area contributed by atoms with Gasteiger partial charge >= 0.3 is 0 Å². The fraction of sp³-hybridized carbons (Fsp3) is 0.143. The number of methoxy groups -OCH3 is 1. The summed E-state index contributed by atoms with van der Waals surface area (Å²) in [5, 5.41) is 5.83. The molecule has 2 aromatic rings. The summed E-state index contributed by atoms with van der Waals surface area (Å²) < 4.78 is 12.0. The number of halogens is 1. The zero-order valence-corrected chi connectivity index (χ0v) is 17.3. The largest absolute Gasteiger partial charge is 0.493 e. The molecule has 1 aliphatic heterocycles. The number of hydrazone groups is 1. The van der Waals surface area contributed by atoms with Crippen molar-refractivity contribution in [1.29, 1.82) is 0 Å². The number of para-hydroxylation sites is 1. The van der Waals surface area contributed by atoms with Crippen LogP contribution in [0.25, 0.3) is 6.08 Å². The molecule has 1 heterocycles. The molecule has 0 saturated carbocycles. The third-order valence-corrected chi connectivity index (χ3v) is 4.77. The molecule has 0 radical (unpaired) electrons. The van der Waals surface area contributed by atoms with E-state index in [2.05, 4.69) is 34.3 Å². The predicted molar refractivity (Wildman–Crippen MR) is 116 cm³/mol. The molecule has 0 N–H and O–H groups in total. The number of carbonyl (C=O) groups is 1. The summed E-state index contributed by atoms with van der Waals surface area (Å²) in [5.74, 6) is 1.12. The van der Waals surface area contributed by atoms with E-state index in [1.807, 2.05) is 55.5 Å². The molecule has 0 spiro atoms. The summed E-state index contributed by atoms with van der Waals surface area (Å²) in [4.78, 5) is 12.8. The number of carbonyl (C=O) groups excluding carboxylic acids is 1. The highest BCUT2D eigenvalue weighted by Crippen LogP contribution is 2.35. The Morgan fingerprint density at radius 2 is 2.00 bits per heavy atom. The van der Waals surface area contributed by atoms with E-state index in [-0.39, 0.29) is 5.91 Å². The van der Waals surface area contributed by atoms with Gasteiger partial charge < -0.3 is 9.47 Å².